The average Bonchev–Trinajstić information content (AvgIpc) is 3.19. The molecule has 2 aliphatic heterocycles. The van der Waals surface area contributed by atoms with Crippen LogP contribution in [0.5, 0.6) is 0 Å². The molecule has 13 atom stereocenters. The van der Waals surface area contributed by atoms with Crippen LogP contribution in [0.1, 0.15) is 79.1 Å². The highest BCUT2D eigenvalue weighted by Gasteiger charge is 2.71. The summed E-state index contributed by atoms with van der Waals surface area (Å²) in [5.74, 6) is 2.64. The average molecular weight is 447 g/mol. The van der Waals surface area contributed by atoms with Crippen LogP contribution in [0, 0.1) is 52.3 Å². The highest BCUT2D eigenvalue weighted by atomic mass is 16.7. The van der Waals surface area contributed by atoms with Crippen molar-refractivity contribution in [1.29, 1.82) is 0 Å². The number of hydrogen-bond donors (Lipinski definition) is 2. The number of carbonyl (C=O) groups excluding carboxylic acids is 1. The Morgan fingerprint density at radius 2 is 1.78 bits per heavy atom. The Morgan fingerprint density at radius 3 is 2.50 bits per heavy atom. The largest absolute Gasteiger partial charge is 0.390 e. The third-order valence-electron chi connectivity index (χ3n) is 11.8. The second kappa shape index (κ2) is 7.02. The van der Waals surface area contributed by atoms with Crippen LogP contribution in [0.3, 0.4) is 0 Å². The van der Waals surface area contributed by atoms with Crippen LogP contribution in [0.25, 0.3) is 0 Å². The summed E-state index contributed by atoms with van der Waals surface area (Å²) in [5.41, 5.74) is -0.371. The quantitative estimate of drug-likeness (QED) is 0.589. The van der Waals surface area contributed by atoms with Gasteiger partial charge < -0.3 is 19.7 Å². The van der Waals surface area contributed by atoms with Crippen molar-refractivity contribution in [1.82, 2.24) is 0 Å². The summed E-state index contributed by atoms with van der Waals surface area (Å²) in [6.45, 7) is 9.86. The van der Waals surface area contributed by atoms with Gasteiger partial charge in [-0.1, -0.05) is 27.7 Å². The Kier molecular flexibility index (Phi) is 4.83. The smallest absolute Gasteiger partial charge is 0.171 e. The zero-order valence-electron chi connectivity index (χ0n) is 20.3. The molecule has 1 spiro atoms. The first-order valence-electron chi connectivity index (χ1n) is 13.3. The van der Waals surface area contributed by atoms with E-state index in [4.69, 9.17) is 9.47 Å². The number of rotatable bonds is 0. The van der Waals surface area contributed by atoms with Crippen molar-refractivity contribution in [3.05, 3.63) is 0 Å². The van der Waals surface area contributed by atoms with Crippen LogP contribution >= 0.6 is 0 Å². The van der Waals surface area contributed by atoms with E-state index in [1.54, 1.807) is 0 Å². The predicted molar refractivity (Wildman–Crippen MR) is 120 cm³/mol. The van der Waals surface area contributed by atoms with Gasteiger partial charge in [0.1, 0.15) is 5.78 Å². The maximum absolute atomic E-state index is 14.0. The van der Waals surface area contributed by atoms with Gasteiger partial charge in [0.15, 0.2) is 5.79 Å². The van der Waals surface area contributed by atoms with Crippen LogP contribution < -0.4 is 0 Å². The van der Waals surface area contributed by atoms with Crippen molar-refractivity contribution in [2.24, 2.45) is 52.3 Å². The summed E-state index contributed by atoms with van der Waals surface area (Å²) in [6.07, 6.45) is 6.12. The molecule has 0 amide bonds. The maximum atomic E-state index is 14.0. The second-order valence-electron chi connectivity index (χ2n) is 13.1. The molecular formula is C27H42O5. The monoisotopic (exact) mass is 446 g/mol. The minimum atomic E-state index is -0.657. The van der Waals surface area contributed by atoms with E-state index in [-0.39, 0.29) is 28.8 Å². The van der Waals surface area contributed by atoms with Crippen LogP contribution in [0.2, 0.25) is 0 Å². The summed E-state index contributed by atoms with van der Waals surface area (Å²) in [7, 11) is 0. The summed E-state index contributed by atoms with van der Waals surface area (Å²) >= 11 is 0. The lowest BCUT2D eigenvalue weighted by Gasteiger charge is -2.61. The molecule has 6 aliphatic rings. The summed E-state index contributed by atoms with van der Waals surface area (Å²) in [5, 5.41) is 20.8. The molecule has 4 saturated carbocycles. The molecular weight excluding hydrogens is 404 g/mol. The molecule has 0 bridgehead atoms. The van der Waals surface area contributed by atoms with E-state index in [0.29, 0.717) is 54.6 Å². The van der Waals surface area contributed by atoms with Crippen molar-refractivity contribution >= 4 is 5.78 Å². The van der Waals surface area contributed by atoms with Crippen LogP contribution in [0.4, 0.5) is 0 Å². The number of Topliss-reactive ketones (excluding diaryl/α,β-unsaturated/α-hetero) is 1. The number of aliphatic hydroxyl groups is 2. The Hall–Kier alpha value is -0.490. The first kappa shape index (κ1) is 22.0. The van der Waals surface area contributed by atoms with Crippen LogP contribution in [-0.2, 0) is 14.3 Å². The molecule has 2 heterocycles. The Bertz CT molecular complexity index is 789. The third-order valence-corrected chi connectivity index (χ3v) is 11.8. The lowest BCUT2D eigenvalue weighted by atomic mass is 9.43. The second-order valence-corrected chi connectivity index (χ2v) is 13.1. The van der Waals surface area contributed by atoms with Gasteiger partial charge in [-0.3, -0.25) is 4.79 Å². The van der Waals surface area contributed by atoms with Gasteiger partial charge in [-0.2, -0.15) is 0 Å². The summed E-state index contributed by atoms with van der Waals surface area (Å²) in [4.78, 5) is 14.0. The minimum absolute atomic E-state index is 0.0490. The molecule has 5 heteroatoms. The zero-order valence-corrected chi connectivity index (χ0v) is 20.3. The molecule has 0 radical (unpaired) electrons. The first-order chi connectivity index (χ1) is 15.1. The molecule has 32 heavy (non-hydrogen) atoms. The fourth-order valence-corrected chi connectivity index (χ4v) is 9.97. The fraction of sp³-hybridized carbons (Fsp3) is 0.963. The predicted octanol–water partition coefficient (Wildman–Crippen LogP) is 3.94. The summed E-state index contributed by atoms with van der Waals surface area (Å²) < 4.78 is 13.2. The number of ether oxygens (including phenoxy) is 2. The molecule has 0 aromatic carbocycles. The standard InChI is InChI=1S/C27H42O5/c1-14-7-8-27(31-13-14)15(2)24-22(32-27)10-19-17-6-5-16-9-20(28)21(29)12-25(16,3)18(17)11-23(30)26(19,24)4/h14-22,24,28-29H,5-13H2,1-4H3/t14-,15+,16+,17-,18+,19-,20+,21-,22-,24-,25+,26-,27-/m1/s1. The Balaban J connectivity index is 1.30. The molecule has 2 N–H and O–H groups in total. The number of hydrogen-bond acceptors (Lipinski definition) is 5. The van der Waals surface area contributed by atoms with E-state index in [2.05, 4.69) is 27.7 Å². The third kappa shape index (κ3) is 2.69. The molecule has 6 fully saturated rings. The van der Waals surface area contributed by atoms with Crippen molar-refractivity contribution in [3.8, 4) is 0 Å². The van der Waals surface area contributed by atoms with Gasteiger partial charge in [-0.15, -0.1) is 0 Å². The molecule has 0 aromatic heterocycles. The first-order valence-corrected chi connectivity index (χ1v) is 13.3. The highest BCUT2D eigenvalue weighted by molar-refractivity contribution is 5.87. The molecule has 0 unspecified atom stereocenters. The van der Waals surface area contributed by atoms with Gasteiger partial charge in [0.25, 0.3) is 0 Å². The van der Waals surface area contributed by atoms with Gasteiger partial charge in [-0.05, 0) is 73.5 Å². The van der Waals surface area contributed by atoms with Gasteiger partial charge in [0, 0.05) is 30.1 Å². The van der Waals surface area contributed by atoms with Gasteiger partial charge in [0.05, 0.1) is 24.9 Å². The number of aliphatic hydroxyl groups excluding tert-OH is 2. The SMILES string of the molecule is C[C@@H]1CC[C@@]2(OC1)O[C@@H]1C[C@@H]3[C@@H]4CC[C@H]5C[C@H](O)[C@H](O)C[C@]5(C)[C@H]4CC(=O)[C@]3(C)[C@@H]1[C@@H]2C. The van der Waals surface area contributed by atoms with Gasteiger partial charge in [-0.25, -0.2) is 0 Å². The normalized spacial score (nSPS) is 61.8. The molecule has 2 saturated heterocycles. The highest BCUT2D eigenvalue weighted by Crippen LogP contribution is 2.70. The number of ketones is 1. The topological polar surface area (TPSA) is 76.0 Å². The van der Waals surface area contributed by atoms with E-state index in [9.17, 15) is 15.0 Å². The zero-order chi connectivity index (χ0) is 22.6. The molecule has 180 valence electrons. The molecule has 5 nitrogen and oxygen atoms in total. The van der Waals surface area contributed by atoms with Gasteiger partial charge in [0.2, 0.25) is 0 Å². The number of fused-ring (bicyclic) bond motifs is 7. The van der Waals surface area contributed by atoms with E-state index >= 15 is 0 Å². The van der Waals surface area contributed by atoms with E-state index < -0.39 is 18.0 Å². The van der Waals surface area contributed by atoms with Crippen molar-refractivity contribution in [2.75, 3.05) is 6.61 Å². The van der Waals surface area contributed by atoms with Crippen molar-refractivity contribution < 1.29 is 24.5 Å². The minimum Gasteiger partial charge on any atom is -0.390 e. The van der Waals surface area contributed by atoms with E-state index in [1.165, 1.54) is 0 Å². The Labute approximate surface area is 192 Å². The van der Waals surface area contributed by atoms with Crippen LogP contribution in [0.15, 0.2) is 0 Å². The lowest BCUT2D eigenvalue weighted by molar-refractivity contribution is -0.272. The summed E-state index contributed by atoms with van der Waals surface area (Å²) in [6, 6.07) is 0. The van der Waals surface area contributed by atoms with E-state index in [1.807, 2.05) is 0 Å². The molecule has 4 aliphatic carbocycles. The molecule has 0 aromatic rings. The van der Waals surface area contributed by atoms with Crippen molar-refractivity contribution in [2.45, 2.75) is 103 Å². The van der Waals surface area contributed by atoms with Crippen molar-refractivity contribution in [3.63, 3.8) is 0 Å². The van der Waals surface area contributed by atoms with Gasteiger partial charge >= 0.3 is 0 Å². The number of carbonyl (C=O) groups is 1. The fourth-order valence-electron chi connectivity index (χ4n) is 9.97. The maximum Gasteiger partial charge on any atom is 0.171 e. The molecule has 6 rings (SSSR count). The Morgan fingerprint density at radius 1 is 1.00 bits per heavy atom. The van der Waals surface area contributed by atoms with E-state index in [0.717, 1.165) is 38.7 Å². The lowest BCUT2D eigenvalue weighted by Crippen LogP contribution is -2.59. The van der Waals surface area contributed by atoms with Crippen LogP contribution in [-0.4, -0.2) is 46.7 Å².